The van der Waals surface area contributed by atoms with Gasteiger partial charge in [0, 0.05) is 6.42 Å². The van der Waals surface area contributed by atoms with Crippen molar-refractivity contribution in [3.63, 3.8) is 0 Å². The van der Waals surface area contributed by atoms with Crippen molar-refractivity contribution in [2.45, 2.75) is 19.8 Å². The molecule has 0 aliphatic carbocycles. The molecule has 0 bridgehead atoms. The zero-order valence-corrected chi connectivity index (χ0v) is 6.06. The molecule has 0 aromatic carbocycles. The summed E-state index contributed by atoms with van der Waals surface area (Å²) in [6, 6.07) is 0. The molecule has 50 valence electrons. The van der Waals surface area contributed by atoms with E-state index in [9.17, 15) is 0 Å². The van der Waals surface area contributed by atoms with Gasteiger partial charge in [-0.25, -0.2) is 4.58 Å². The molecule has 0 aromatic rings. The smallest absolute Gasteiger partial charge is 0.161 e. The van der Waals surface area contributed by atoms with Gasteiger partial charge in [-0.2, -0.15) is 0 Å². The van der Waals surface area contributed by atoms with E-state index in [4.69, 9.17) is 0 Å². The van der Waals surface area contributed by atoms with Gasteiger partial charge in [0.2, 0.25) is 0 Å². The molecule has 0 spiro atoms. The van der Waals surface area contributed by atoms with Crippen LogP contribution in [0.5, 0.6) is 0 Å². The number of rotatable bonds is 1. The van der Waals surface area contributed by atoms with E-state index in [2.05, 4.69) is 24.3 Å². The van der Waals surface area contributed by atoms with Crippen LogP contribution in [0.25, 0.3) is 0 Å². The average Bonchev–Trinajstić information content (AvgIpc) is 1.90. The Morgan fingerprint density at radius 3 is 3.00 bits per heavy atom. The fraction of sp³-hybridized carbons (Fsp3) is 0.625. The summed E-state index contributed by atoms with van der Waals surface area (Å²) in [6.45, 7) is 8.25. The first-order valence-electron chi connectivity index (χ1n) is 3.56. The second-order valence-corrected chi connectivity index (χ2v) is 2.54. The summed E-state index contributed by atoms with van der Waals surface area (Å²) in [7, 11) is 0. The van der Waals surface area contributed by atoms with E-state index in [1.807, 2.05) is 0 Å². The Kier molecular flexibility index (Phi) is 2.04. The van der Waals surface area contributed by atoms with Crippen LogP contribution in [-0.2, 0) is 0 Å². The lowest BCUT2D eigenvalue weighted by Crippen LogP contribution is -2.16. The Morgan fingerprint density at radius 2 is 2.56 bits per heavy atom. The van der Waals surface area contributed by atoms with Gasteiger partial charge in [-0.3, -0.25) is 0 Å². The topological polar surface area (TPSA) is 3.01 Å². The summed E-state index contributed by atoms with van der Waals surface area (Å²) in [5, 5.41) is 0. The molecule has 0 radical (unpaired) electrons. The SMILES string of the molecule is C=[N+]1CC=C(CC)CC1. The molecule has 9 heavy (non-hydrogen) atoms. The first-order chi connectivity index (χ1) is 4.33. The van der Waals surface area contributed by atoms with E-state index in [0.717, 1.165) is 13.1 Å². The van der Waals surface area contributed by atoms with Gasteiger partial charge >= 0.3 is 0 Å². The van der Waals surface area contributed by atoms with Crippen LogP contribution in [0, 0.1) is 0 Å². The molecule has 0 unspecified atom stereocenters. The highest BCUT2D eigenvalue weighted by atomic mass is 15.0. The van der Waals surface area contributed by atoms with Crippen molar-refractivity contribution >= 4 is 6.72 Å². The van der Waals surface area contributed by atoms with E-state index in [0.29, 0.717) is 0 Å². The molecule has 1 aliphatic heterocycles. The normalized spacial score (nSPS) is 19.7. The summed E-state index contributed by atoms with van der Waals surface area (Å²) < 4.78 is 2.10. The third kappa shape index (κ3) is 1.67. The van der Waals surface area contributed by atoms with Crippen LogP contribution in [0.15, 0.2) is 11.6 Å². The van der Waals surface area contributed by atoms with E-state index < -0.39 is 0 Å². The van der Waals surface area contributed by atoms with Gasteiger partial charge in [-0.15, -0.1) is 0 Å². The van der Waals surface area contributed by atoms with Crippen LogP contribution < -0.4 is 0 Å². The van der Waals surface area contributed by atoms with Gasteiger partial charge < -0.3 is 0 Å². The highest BCUT2D eigenvalue weighted by Gasteiger charge is 2.07. The molecular weight excluding hydrogens is 110 g/mol. The van der Waals surface area contributed by atoms with Crippen molar-refractivity contribution < 1.29 is 4.58 Å². The minimum atomic E-state index is 1.04. The largest absolute Gasteiger partial charge is 0.238 e. The predicted octanol–water partition coefficient (Wildman–Crippen LogP) is 1.44. The second-order valence-electron chi connectivity index (χ2n) is 2.54. The summed E-state index contributed by atoms with van der Waals surface area (Å²) in [5.41, 5.74) is 1.59. The molecule has 1 nitrogen and oxygen atoms in total. The molecule has 0 N–H and O–H groups in total. The lowest BCUT2D eigenvalue weighted by atomic mass is 10.1. The van der Waals surface area contributed by atoms with E-state index in [1.54, 1.807) is 5.57 Å². The van der Waals surface area contributed by atoms with Gasteiger partial charge in [0.25, 0.3) is 0 Å². The van der Waals surface area contributed by atoms with Crippen LogP contribution >= 0.6 is 0 Å². The Labute approximate surface area is 56.7 Å². The zero-order valence-electron chi connectivity index (χ0n) is 6.06. The van der Waals surface area contributed by atoms with Crippen molar-refractivity contribution in [3.8, 4) is 0 Å². The van der Waals surface area contributed by atoms with Gasteiger partial charge in [0.05, 0.1) is 0 Å². The lowest BCUT2D eigenvalue weighted by Gasteiger charge is -2.08. The van der Waals surface area contributed by atoms with Gasteiger partial charge in [0.15, 0.2) is 6.54 Å². The molecule has 1 rings (SSSR count). The monoisotopic (exact) mass is 124 g/mol. The minimum Gasteiger partial charge on any atom is -0.238 e. The number of nitrogens with zero attached hydrogens (tertiary/aromatic N) is 1. The molecular formula is C8H14N+. The van der Waals surface area contributed by atoms with E-state index >= 15 is 0 Å². The molecule has 0 saturated carbocycles. The van der Waals surface area contributed by atoms with E-state index in [1.165, 1.54) is 12.8 Å². The van der Waals surface area contributed by atoms with Crippen LogP contribution in [0.3, 0.4) is 0 Å². The maximum absolute atomic E-state index is 3.85. The summed E-state index contributed by atoms with van der Waals surface area (Å²) >= 11 is 0. The number of hydrogen-bond acceptors (Lipinski definition) is 0. The van der Waals surface area contributed by atoms with Crippen LogP contribution in [-0.4, -0.2) is 24.4 Å². The van der Waals surface area contributed by atoms with Crippen molar-refractivity contribution in [1.29, 1.82) is 0 Å². The third-order valence-corrected chi connectivity index (χ3v) is 1.84. The molecule has 0 saturated heterocycles. The molecule has 0 amide bonds. The maximum atomic E-state index is 3.85. The number of hydrogen-bond donors (Lipinski definition) is 0. The zero-order chi connectivity index (χ0) is 6.69. The van der Waals surface area contributed by atoms with Crippen LogP contribution in [0.1, 0.15) is 19.8 Å². The van der Waals surface area contributed by atoms with Crippen molar-refractivity contribution in [2.75, 3.05) is 13.1 Å². The molecule has 1 heterocycles. The Morgan fingerprint density at radius 1 is 1.78 bits per heavy atom. The highest BCUT2D eigenvalue weighted by Crippen LogP contribution is 2.09. The maximum Gasteiger partial charge on any atom is 0.161 e. The van der Waals surface area contributed by atoms with Crippen molar-refractivity contribution in [3.05, 3.63) is 11.6 Å². The molecule has 0 fully saturated rings. The Bertz CT molecular complexity index is 145. The standard InChI is InChI=1S/C8H14N/c1-3-8-4-6-9(2)7-5-8/h4H,2-3,5-7H2,1H3/q+1. The molecule has 1 aliphatic rings. The summed E-state index contributed by atoms with van der Waals surface area (Å²) in [6.07, 6.45) is 4.73. The first kappa shape index (κ1) is 6.53. The molecule has 0 atom stereocenters. The van der Waals surface area contributed by atoms with Crippen LogP contribution in [0.2, 0.25) is 0 Å². The van der Waals surface area contributed by atoms with E-state index in [-0.39, 0.29) is 0 Å². The van der Waals surface area contributed by atoms with Gasteiger partial charge in [0.1, 0.15) is 13.3 Å². The van der Waals surface area contributed by atoms with Crippen molar-refractivity contribution in [2.24, 2.45) is 0 Å². The lowest BCUT2D eigenvalue weighted by molar-refractivity contribution is -0.511. The summed E-state index contributed by atoms with van der Waals surface area (Å²) in [5.74, 6) is 0. The summed E-state index contributed by atoms with van der Waals surface area (Å²) in [4.78, 5) is 0. The fourth-order valence-corrected chi connectivity index (χ4v) is 1.07. The molecule has 0 aromatic heterocycles. The van der Waals surface area contributed by atoms with Gasteiger partial charge in [-0.05, 0) is 12.5 Å². The molecule has 1 heteroatoms. The minimum absolute atomic E-state index is 1.04. The first-order valence-corrected chi connectivity index (χ1v) is 3.56. The van der Waals surface area contributed by atoms with Gasteiger partial charge in [-0.1, -0.05) is 12.5 Å². The highest BCUT2D eigenvalue weighted by molar-refractivity contribution is 5.16. The van der Waals surface area contributed by atoms with Crippen molar-refractivity contribution in [1.82, 2.24) is 0 Å². The Balaban J connectivity index is 2.50. The quantitative estimate of drug-likeness (QED) is 0.367. The van der Waals surface area contributed by atoms with Crippen LogP contribution in [0.4, 0.5) is 0 Å². The average molecular weight is 124 g/mol. The predicted molar refractivity (Wildman–Crippen MR) is 40.1 cm³/mol. The Hall–Kier alpha value is -0.590. The third-order valence-electron chi connectivity index (χ3n) is 1.84. The second kappa shape index (κ2) is 2.81. The fourth-order valence-electron chi connectivity index (χ4n) is 1.07.